The summed E-state index contributed by atoms with van der Waals surface area (Å²) in [4.78, 5) is 18.0. The smallest absolute Gasteiger partial charge is 0.273 e. The number of carbonyl (C=O) groups excluding carboxylic acids is 1. The van der Waals surface area contributed by atoms with Gasteiger partial charge in [0.25, 0.3) is 5.91 Å². The lowest BCUT2D eigenvalue weighted by Gasteiger charge is -2.31. The fourth-order valence-electron chi connectivity index (χ4n) is 5.05. The first kappa shape index (κ1) is 26.5. The molecule has 2 aromatic carbocycles. The van der Waals surface area contributed by atoms with Crippen molar-refractivity contribution in [3.8, 4) is 22.8 Å². The summed E-state index contributed by atoms with van der Waals surface area (Å²) in [5, 5.41) is 8.25. The summed E-state index contributed by atoms with van der Waals surface area (Å²) >= 11 is 6.15. The molecule has 0 spiro atoms. The lowest BCUT2D eigenvalue weighted by Crippen LogP contribution is -2.42. The minimum absolute atomic E-state index is 0.0535. The van der Waals surface area contributed by atoms with E-state index in [-0.39, 0.29) is 11.9 Å². The number of nitrogens with one attached hydrogen (secondary N) is 1. The van der Waals surface area contributed by atoms with Crippen molar-refractivity contribution in [3.63, 3.8) is 0 Å². The number of aromatic amines is 1. The molecule has 0 saturated carbocycles. The predicted octanol–water partition coefficient (Wildman–Crippen LogP) is 5.04. The Morgan fingerprint density at radius 2 is 1.87 bits per heavy atom. The van der Waals surface area contributed by atoms with Gasteiger partial charge < -0.3 is 19.1 Å². The van der Waals surface area contributed by atoms with Crippen molar-refractivity contribution in [2.75, 3.05) is 53.1 Å². The maximum atomic E-state index is 13.7. The fraction of sp³-hybridized carbons (Fsp3) is 0.448. The fourth-order valence-corrected chi connectivity index (χ4v) is 5.18. The Morgan fingerprint density at radius 3 is 2.58 bits per heavy atom. The van der Waals surface area contributed by atoms with Gasteiger partial charge in [0.15, 0.2) is 11.5 Å². The number of hydrogen-bond donors (Lipinski definition) is 1. The van der Waals surface area contributed by atoms with E-state index in [1.165, 1.54) is 0 Å². The lowest BCUT2D eigenvalue weighted by molar-refractivity contribution is 0.0316. The minimum Gasteiger partial charge on any atom is -0.493 e. The number of methoxy groups -OCH3 is 1. The molecule has 38 heavy (non-hydrogen) atoms. The Kier molecular flexibility index (Phi) is 8.21. The third-order valence-electron chi connectivity index (χ3n) is 7.20. The molecule has 9 heteroatoms. The molecular formula is C29H35ClN4O4. The van der Waals surface area contributed by atoms with Crippen molar-refractivity contribution < 1.29 is 19.0 Å². The quantitative estimate of drug-likeness (QED) is 0.389. The molecule has 1 aromatic heterocycles. The summed E-state index contributed by atoms with van der Waals surface area (Å²) in [7, 11) is 1.65. The van der Waals surface area contributed by atoms with Crippen LogP contribution in [0.2, 0.25) is 5.02 Å². The van der Waals surface area contributed by atoms with E-state index >= 15 is 0 Å². The van der Waals surface area contributed by atoms with Gasteiger partial charge in [-0.25, -0.2) is 0 Å². The number of morpholine rings is 1. The summed E-state index contributed by atoms with van der Waals surface area (Å²) < 4.78 is 17.3. The molecule has 0 bridgehead atoms. The van der Waals surface area contributed by atoms with Crippen LogP contribution in [-0.4, -0.2) is 79.0 Å². The van der Waals surface area contributed by atoms with Gasteiger partial charge in [0.2, 0.25) is 0 Å². The van der Waals surface area contributed by atoms with Gasteiger partial charge in [-0.3, -0.25) is 14.8 Å². The number of hydrogen-bond acceptors (Lipinski definition) is 6. The summed E-state index contributed by atoms with van der Waals surface area (Å²) in [6.07, 6.45) is 0.959. The minimum atomic E-state index is -0.318. The van der Waals surface area contributed by atoms with Crippen LogP contribution in [0, 0.1) is 5.92 Å². The number of ether oxygens (including phenoxy) is 3. The first-order valence-electron chi connectivity index (χ1n) is 13.2. The summed E-state index contributed by atoms with van der Waals surface area (Å²) in [6, 6.07) is 13.2. The molecule has 0 radical (unpaired) electrons. The average Bonchev–Trinajstić information content (AvgIpc) is 3.47. The molecule has 5 rings (SSSR count). The molecule has 1 unspecified atom stereocenters. The highest BCUT2D eigenvalue weighted by molar-refractivity contribution is 6.30. The van der Waals surface area contributed by atoms with Crippen LogP contribution >= 0.6 is 11.6 Å². The zero-order valence-corrected chi connectivity index (χ0v) is 23.0. The molecule has 8 nitrogen and oxygen atoms in total. The Bertz CT molecular complexity index is 1250. The van der Waals surface area contributed by atoms with E-state index in [4.69, 9.17) is 25.8 Å². The normalized spacial score (nSPS) is 17.8. The summed E-state index contributed by atoms with van der Waals surface area (Å²) in [5.41, 5.74) is 4.00. The number of nitrogens with zero attached hydrogens (tertiary/aromatic N) is 3. The number of carbonyl (C=O) groups is 1. The number of benzene rings is 2. The zero-order valence-electron chi connectivity index (χ0n) is 22.2. The molecule has 2 aliphatic rings. The number of aromatic nitrogens is 2. The molecule has 1 N–H and O–H groups in total. The van der Waals surface area contributed by atoms with Gasteiger partial charge >= 0.3 is 0 Å². The van der Waals surface area contributed by atoms with Crippen LogP contribution in [0.4, 0.5) is 0 Å². The zero-order chi connectivity index (χ0) is 26.6. The summed E-state index contributed by atoms with van der Waals surface area (Å²) in [6.45, 7) is 9.49. The highest BCUT2D eigenvalue weighted by atomic mass is 35.5. The molecule has 0 aliphatic carbocycles. The predicted molar refractivity (Wildman–Crippen MR) is 147 cm³/mol. The number of rotatable bonds is 10. The van der Waals surface area contributed by atoms with Gasteiger partial charge in [-0.1, -0.05) is 43.6 Å². The molecule has 1 saturated heterocycles. The first-order chi connectivity index (χ1) is 18.5. The maximum absolute atomic E-state index is 13.7. The van der Waals surface area contributed by atoms with E-state index < -0.39 is 0 Å². The van der Waals surface area contributed by atoms with E-state index in [2.05, 4.69) is 28.9 Å². The number of amides is 1. The second-order valence-electron chi connectivity index (χ2n) is 10.2. The first-order valence-corrected chi connectivity index (χ1v) is 13.6. The van der Waals surface area contributed by atoms with Gasteiger partial charge in [-0.15, -0.1) is 0 Å². The van der Waals surface area contributed by atoms with Crippen molar-refractivity contribution in [2.24, 2.45) is 5.92 Å². The van der Waals surface area contributed by atoms with Gasteiger partial charge in [-0.2, -0.15) is 5.10 Å². The molecule has 1 fully saturated rings. The second-order valence-corrected chi connectivity index (χ2v) is 10.6. The van der Waals surface area contributed by atoms with Crippen molar-refractivity contribution in [3.05, 3.63) is 64.3 Å². The largest absolute Gasteiger partial charge is 0.493 e. The Labute approximate surface area is 228 Å². The van der Waals surface area contributed by atoms with Crippen LogP contribution in [0.15, 0.2) is 42.5 Å². The summed E-state index contributed by atoms with van der Waals surface area (Å²) in [5.74, 6) is 1.85. The second kappa shape index (κ2) is 11.8. The molecule has 3 aromatic rings. The molecule has 202 valence electrons. The Morgan fingerprint density at radius 1 is 1.11 bits per heavy atom. The highest BCUT2D eigenvalue weighted by Gasteiger charge is 2.42. The third kappa shape index (κ3) is 5.53. The SMILES string of the molecule is COc1cc(C2c3c(-c4ccc(Cl)cc4)n[nH]c3C(=O)N2CCN2CCOCC2)ccc1OCCC(C)C. The molecule has 1 atom stereocenters. The van der Waals surface area contributed by atoms with Crippen LogP contribution in [0.25, 0.3) is 11.3 Å². The maximum Gasteiger partial charge on any atom is 0.273 e. The number of fused-ring (bicyclic) bond motifs is 1. The molecular weight excluding hydrogens is 504 g/mol. The van der Waals surface area contributed by atoms with E-state index in [1.807, 2.05) is 47.4 Å². The van der Waals surface area contributed by atoms with Crippen LogP contribution < -0.4 is 9.47 Å². The van der Waals surface area contributed by atoms with Crippen molar-refractivity contribution in [1.82, 2.24) is 20.0 Å². The lowest BCUT2D eigenvalue weighted by atomic mass is 9.95. The van der Waals surface area contributed by atoms with E-state index in [0.717, 1.165) is 61.7 Å². The van der Waals surface area contributed by atoms with Crippen molar-refractivity contribution in [2.45, 2.75) is 26.3 Å². The van der Waals surface area contributed by atoms with Crippen molar-refractivity contribution in [1.29, 1.82) is 0 Å². The molecule has 3 heterocycles. The monoisotopic (exact) mass is 538 g/mol. The Hall–Kier alpha value is -3.07. The average molecular weight is 539 g/mol. The van der Waals surface area contributed by atoms with Crippen LogP contribution in [0.3, 0.4) is 0 Å². The molecule has 1 amide bonds. The topological polar surface area (TPSA) is 79.9 Å². The van der Waals surface area contributed by atoms with Crippen LogP contribution in [-0.2, 0) is 4.74 Å². The highest BCUT2D eigenvalue weighted by Crippen LogP contribution is 2.44. The van der Waals surface area contributed by atoms with Crippen LogP contribution in [0.5, 0.6) is 11.5 Å². The Balaban J connectivity index is 1.50. The van der Waals surface area contributed by atoms with E-state index in [1.54, 1.807) is 7.11 Å². The molecule has 2 aliphatic heterocycles. The van der Waals surface area contributed by atoms with Crippen LogP contribution in [0.1, 0.15) is 47.9 Å². The van der Waals surface area contributed by atoms with Gasteiger partial charge in [0.1, 0.15) is 5.69 Å². The van der Waals surface area contributed by atoms with E-state index in [9.17, 15) is 4.79 Å². The third-order valence-corrected chi connectivity index (χ3v) is 7.45. The van der Waals surface area contributed by atoms with E-state index in [0.29, 0.717) is 41.3 Å². The van der Waals surface area contributed by atoms with Gasteiger partial charge in [0.05, 0.1) is 38.7 Å². The number of halogens is 1. The number of H-pyrrole nitrogens is 1. The van der Waals surface area contributed by atoms with Gasteiger partial charge in [0, 0.05) is 42.3 Å². The standard InChI is InChI=1S/C29H35ClN4O4/c1-19(2)10-15-38-23-9-6-21(18-24(23)36-3)28-25-26(20-4-7-22(30)8-5-20)31-32-27(25)29(35)34(28)12-11-33-13-16-37-17-14-33/h4-9,18-19,28H,10-17H2,1-3H3,(H,31,32). The van der Waals surface area contributed by atoms with Gasteiger partial charge in [-0.05, 0) is 42.2 Å². The van der Waals surface area contributed by atoms with Crippen molar-refractivity contribution >= 4 is 17.5 Å².